The van der Waals surface area contributed by atoms with Gasteiger partial charge in [-0.3, -0.25) is 0 Å². The van der Waals surface area contributed by atoms with Crippen LogP contribution in [0.3, 0.4) is 0 Å². The van der Waals surface area contributed by atoms with E-state index in [0.717, 1.165) is 27.1 Å². The van der Waals surface area contributed by atoms with Crippen LogP contribution in [-0.4, -0.2) is 6.04 Å². The van der Waals surface area contributed by atoms with Crippen LogP contribution in [0.4, 0.5) is 0 Å². The van der Waals surface area contributed by atoms with Crippen molar-refractivity contribution < 1.29 is 0 Å². The fourth-order valence-electron chi connectivity index (χ4n) is 1.88. The maximum Gasteiger partial charge on any atom is 0.0546 e. The molecule has 0 fully saturated rings. The first-order valence-electron chi connectivity index (χ1n) is 6.66. The van der Waals surface area contributed by atoms with E-state index in [2.05, 4.69) is 41.1 Å². The van der Waals surface area contributed by atoms with Crippen molar-refractivity contribution in [1.29, 1.82) is 0 Å². The normalized spacial score (nSPS) is 12.4. The Bertz CT molecular complexity index is 634. The van der Waals surface area contributed by atoms with E-state index in [-0.39, 0.29) is 6.04 Å². The van der Waals surface area contributed by atoms with Gasteiger partial charge < -0.3 is 5.73 Å². The monoisotopic (exact) mass is 403 g/mol. The van der Waals surface area contributed by atoms with Crippen molar-refractivity contribution in [3.63, 3.8) is 0 Å². The van der Waals surface area contributed by atoms with Crippen LogP contribution < -0.4 is 5.73 Å². The van der Waals surface area contributed by atoms with Gasteiger partial charge in [0.05, 0.1) is 5.02 Å². The predicted octanol–water partition coefficient (Wildman–Crippen LogP) is 6.19. The van der Waals surface area contributed by atoms with Gasteiger partial charge in [-0.05, 0) is 64.7 Å². The van der Waals surface area contributed by atoms with E-state index in [1.165, 1.54) is 5.56 Å². The lowest BCUT2D eigenvalue weighted by atomic mass is 10.1. The molecule has 112 valence electrons. The lowest BCUT2D eigenvalue weighted by Crippen LogP contribution is -2.21. The fourth-order valence-corrected chi connectivity index (χ4v) is 3.89. The van der Waals surface area contributed by atoms with Crippen LogP contribution in [0.1, 0.15) is 18.9 Å². The standard InChI is InChI=1S/C16H16BrCl2NS/c1-2-12(20)7-10-3-6-15(13(17)8-10)21-16-9-11(18)4-5-14(16)19/h3-6,8-9,12H,2,7,20H2,1H3. The number of rotatable bonds is 5. The molecule has 0 aromatic heterocycles. The average molecular weight is 405 g/mol. The summed E-state index contributed by atoms with van der Waals surface area (Å²) in [6.45, 7) is 2.10. The molecule has 0 aliphatic carbocycles. The molecule has 2 rings (SSSR count). The van der Waals surface area contributed by atoms with Crippen molar-refractivity contribution in [3.05, 3.63) is 56.5 Å². The molecule has 1 unspecified atom stereocenters. The number of hydrogen-bond acceptors (Lipinski definition) is 2. The third-order valence-corrected chi connectivity index (χ3v) is 5.86. The van der Waals surface area contributed by atoms with E-state index in [1.807, 2.05) is 12.1 Å². The molecule has 21 heavy (non-hydrogen) atoms. The SMILES string of the molecule is CCC(N)Cc1ccc(Sc2cc(Cl)ccc2Cl)c(Br)c1. The van der Waals surface area contributed by atoms with E-state index in [9.17, 15) is 0 Å². The van der Waals surface area contributed by atoms with Gasteiger partial charge in [0.15, 0.2) is 0 Å². The summed E-state index contributed by atoms with van der Waals surface area (Å²) in [5.41, 5.74) is 7.23. The third kappa shape index (κ3) is 4.90. The summed E-state index contributed by atoms with van der Waals surface area (Å²) in [5.74, 6) is 0. The Morgan fingerprint density at radius 3 is 2.57 bits per heavy atom. The first kappa shape index (κ1) is 17.2. The predicted molar refractivity (Wildman–Crippen MR) is 96.7 cm³/mol. The highest BCUT2D eigenvalue weighted by Gasteiger charge is 2.09. The second kappa shape index (κ2) is 7.89. The minimum Gasteiger partial charge on any atom is -0.327 e. The van der Waals surface area contributed by atoms with Gasteiger partial charge in [-0.2, -0.15) is 0 Å². The molecule has 2 aromatic rings. The van der Waals surface area contributed by atoms with Crippen LogP contribution in [0, 0.1) is 0 Å². The second-order valence-electron chi connectivity index (χ2n) is 4.81. The van der Waals surface area contributed by atoms with Crippen molar-refractivity contribution >= 4 is 50.9 Å². The molecule has 0 saturated carbocycles. The molecule has 0 saturated heterocycles. The molecule has 5 heteroatoms. The largest absolute Gasteiger partial charge is 0.327 e. The molecule has 0 spiro atoms. The number of halogens is 3. The maximum atomic E-state index is 6.21. The number of nitrogens with two attached hydrogens (primary N) is 1. The first-order valence-corrected chi connectivity index (χ1v) is 9.03. The summed E-state index contributed by atoms with van der Waals surface area (Å²) in [7, 11) is 0. The second-order valence-corrected chi connectivity index (χ2v) is 7.60. The Morgan fingerprint density at radius 1 is 1.14 bits per heavy atom. The van der Waals surface area contributed by atoms with Gasteiger partial charge >= 0.3 is 0 Å². The maximum absolute atomic E-state index is 6.21. The molecule has 0 radical (unpaired) electrons. The highest BCUT2D eigenvalue weighted by Crippen LogP contribution is 2.38. The quantitative estimate of drug-likeness (QED) is 0.642. The zero-order valence-electron chi connectivity index (χ0n) is 11.6. The Hall–Kier alpha value is -0.190. The zero-order valence-corrected chi connectivity index (χ0v) is 15.5. The zero-order chi connectivity index (χ0) is 15.4. The smallest absolute Gasteiger partial charge is 0.0546 e. The molecule has 0 aliphatic heterocycles. The van der Waals surface area contributed by atoms with Gasteiger partial charge in [0.25, 0.3) is 0 Å². The summed E-state index contributed by atoms with van der Waals surface area (Å²) in [6, 6.07) is 12.0. The van der Waals surface area contributed by atoms with Crippen molar-refractivity contribution in [2.45, 2.75) is 35.6 Å². The summed E-state index contributed by atoms with van der Waals surface area (Å²) in [5, 5.41) is 1.39. The number of hydrogen-bond donors (Lipinski definition) is 1. The Labute approximate surface area is 148 Å². The van der Waals surface area contributed by atoms with Gasteiger partial charge in [0.1, 0.15) is 0 Å². The molecule has 1 nitrogen and oxygen atoms in total. The van der Waals surface area contributed by atoms with E-state index >= 15 is 0 Å². The van der Waals surface area contributed by atoms with Crippen LogP contribution in [0.5, 0.6) is 0 Å². The summed E-state index contributed by atoms with van der Waals surface area (Å²) in [6.07, 6.45) is 1.87. The van der Waals surface area contributed by atoms with Crippen molar-refractivity contribution in [2.24, 2.45) is 5.73 Å². The molecule has 0 bridgehead atoms. The summed E-state index contributed by atoms with van der Waals surface area (Å²) < 4.78 is 1.05. The minimum absolute atomic E-state index is 0.206. The summed E-state index contributed by atoms with van der Waals surface area (Å²) in [4.78, 5) is 2.05. The highest BCUT2D eigenvalue weighted by atomic mass is 79.9. The first-order chi connectivity index (χ1) is 9.99. The molecule has 2 N–H and O–H groups in total. The van der Waals surface area contributed by atoms with E-state index in [0.29, 0.717) is 10.0 Å². The molecule has 0 heterocycles. The molecule has 1 atom stereocenters. The van der Waals surface area contributed by atoms with E-state index < -0.39 is 0 Å². The number of benzene rings is 2. The van der Waals surface area contributed by atoms with Crippen LogP contribution in [0.25, 0.3) is 0 Å². The van der Waals surface area contributed by atoms with E-state index in [4.69, 9.17) is 28.9 Å². The van der Waals surface area contributed by atoms with Crippen molar-refractivity contribution in [3.8, 4) is 0 Å². The Morgan fingerprint density at radius 2 is 1.90 bits per heavy atom. The average Bonchev–Trinajstić information content (AvgIpc) is 2.45. The van der Waals surface area contributed by atoms with Gasteiger partial charge in [-0.15, -0.1) is 0 Å². The van der Waals surface area contributed by atoms with Crippen molar-refractivity contribution in [1.82, 2.24) is 0 Å². The lowest BCUT2D eigenvalue weighted by Gasteiger charge is -2.11. The minimum atomic E-state index is 0.206. The van der Waals surface area contributed by atoms with Gasteiger partial charge in [0.2, 0.25) is 0 Å². The molecular formula is C16H16BrCl2NS. The van der Waals surface area contributed by atoms with E-state index in [1.54, 1.807) is 17.8 Å². The van der Waals surface area contributed by atoms with Gasteiger partial charge in [-0.1, -0.05) is 48.0 Å². The molecule has 2 aromatic carbocycles. The Balaban J connectivity index is 2.19. The van der Waals surface area contributed by atoms with Crippen LogP contribution in [-0.2, 0) is 6.42 Å². The third-order valence-electron chi connectivity index (χ3n) is 3.13. The molecule has 0 aliphatic rings. The van der Waals surface area contributed by atoms with Crippen molar-refractivity contribution in [2.75, 3.05) is 0 Å². The lowest BCUT2D eigenvalue weighted by molar-refractivity contribution is 0.646. The van der Waals surface area contributed by atoms with Crippen LogP contribution in [0.15, 0.2) is 50.7 Å². The topological polar surface area (TPSA) is 26.0 Å². The summed E-state index contributed by atoms with van der Waals surface area (Å²) >= 11 is 17.4. The van der Waals surface area contributed by atoms with Crippen LogP contribution >= 0.6 is 50.9 Å². The molecule has 0 amide bonds. The fraction of sp³-hybridized carbons (Fsp3) is 0.250. The van der Waals surface area contributed by atoms with Crippen LogP contribution in [0.2, 0.25) is 10.0 Å². The molecular weight excluding hydrogens is 389 g/mol. The Kier molecular flexibility index (Phi) is 6.45. The van der Waals surface area contributed by atoms with Gasteiger partial charge in [-0.25, -0.2) is 0 Å². The highest BCUT2D eigenvalue weighted by molar-refractivity contribution is 9.10. The van der Waals surface area contributed by atoms with Gasteiger partial charge in [0, 0.05) is 25.3 Å².